The molecular weight excluding hydrogens is 968 g/mol. The van der Waals surface area contributed by atoms with Crippen molar-refractivity contribution < 1.29 is 91.8 Å². The van der Waals surface area contributed by atoms with Crippen LogP contribution < -0.4 is 9.47 Å². The molecule has 6 rings (SSSR count). The predicted molar refractivity (Wildman–Crippen MR) is 225 cm³/mol. The number of benzene rings is 4. The molecule has 0 heterocycles. The van der Waals surface area contributed by atoms with Gasteiger partial charge in [0.2, 0.25) is 11.1 Å². The largest absolute Gasteiger partial charge is 0.490 e. The van der Waals surface area contributed by atoms with Gasteiger partial charge in [-0.1, -0.05) is 36.4 Å². The fourth-order valence-corrected chi connectivity index (χ4v) is 8.83. The van der Waals surface area contributed by atoms with Crippen molar-refractivity contribution in [2.45, 2.75) is 139 Å². The number of carboxylic acid groups (broad SMARTS) is 2. The number of carboxylic acids is 2. The highest BCUT2D eigenvalue weighted by Crippen LogP contribution is 2.47. The first-order valence-corrected chi connectivity index (χ1v) is 21.7. The highest BCUT2D eigenvalue weighted by molar-refractivity contribution is 5.90. The van der Waals surface area contributed by atoms with Crippen molar-refractivity contribution in [3.8, 4) is 11.5 Å². The van der Waals surface area contributed by atoms with Crippen molar-refractivity contribution in [2.75, 3.05) is 0 Å². The molecule has 24 heteroatoms. The molecule has 2 unspecified atom stereocenters. The number of aliphatic carboxylic acids is 2. The lowest BCUT2D eigenvalue weighted by atomic mass is 9.86. The van der Waals surface area contributed by atoms with Gasteiger partial charge in [-0.25, -0.2) is 0 Å². The number of halogens is 12. The smallest absolute Gasteiger partial charge is 0.420 e. The Labute approximate surface area is 390 Å². The van der Waals surface area contributed by atoms with Crippen molar-refractivity contribution in [1.82, 2.24) is 0 Å². The summed E-state index contributed by atoms with van der Waals surface area (Å²) in [5.74, 6) is -6.53. The van der Waals surface area contributed by atoms with Gasteiger partial charge in [0.05, 0.1) is 36.9 Å². The zero-order chi connectivity index (χ0) is 52.4. The Morgan fingerprint density at radius 3 is 1.11 bits per heavy atom. The van der Waals surface area contributed by atoms with E-state index in [1.54, 1.807) is 0 Å². The Morgan fingerprint density at radius 2 is 0.857 bits per heavy atom. The molecule has 0 saturated heterocycles. The number of ether oxygens (including phenoxy) is 2. The van der Waals surface area contributed by atoms with E-state index in [0.717, 1.165) is 36.4 Å². The maximum Gasteiger partial charge on any atom is 0.420 e. The molecule has 0 bridgehead atoms. The summed E-state index contributed by atoms with van der Waals surface area (Å²) in [6.07, 6.45) is -22.9. The second kappa shape index (κ2) is 20.7. The average molecular weight is 1010 g/mol. The molecular formula is C46H46F12N2O10. The van der Waals surface area contributed by atoms with Crippen LogP contribution in [-0.2, 0) is 33.0 Å². The molecule has 12 nitrogen and oxygen atoms in total. The second-order valence-corrected chi connectivity index (χ2v) is 17.9. The molecule has 0 spiro atoms. The van der Waals surface area contributed by atoms with E-state index in [9.17, 15) is 82.5 Å². The van der Waals surface area contributed by atoms with Crippen LogP contribution in [-0.4, -0.2) is 56.6 Å². The molecule has 0 amide bonds. The number of hydrogen-bond acceptors (Lipinski definition) is 8. The molecule has 70 heavy (non-hydrogen) atoms. The van der Waals surface area contributed by atoms with Crippen LogP contribution in [0, 0.1) is 32.1 Å². The van der Waals surface area contributed by atoms with Gasteiger partial charge in [0.25, 0.3) is 0 Å². The normalized spacial score (nSPS) is 20.9. The molecule has 2 fully saturated rings. The minimum absolute atomic E-state index is 0.0337. The van der Waals surface area contributed by atoms with Gasteiger partial charge < -0.3 is 19.7 Å². The van der Waals surface area contributed by atoms with Crippen LogP contribution in [0.15, 0.2) is 60.7 Å². The third kappa shape index (κ3) is 12.8. The maximum absolute atomic E-state index is 14.0. The molecule has 0 aromatic heterocycles. The summed E-state index contributed by atoms with van der Waals surface area (Å²) in [6, 6.07) is 11.6. The molecule has 0 aliphatic heterocycles. The first-order chi connectivity index (χ1) is 32.2. The Balaban J connectivity index is 0.000000261. The van der Waals surface area contributed by atoms with Gasteiger partial charge in [0, 0.05) is 47.7 Å². The van der Waals surface area contributed by atoms with Gasteiger partial charge in [-0.05, 0) is 97.2 Å². The number of rotatable bonds is 14. The summed E-state index contributed by atoms with van der Waals surface area (Å²) in [6.45, 7) is 2.41. The zero-order valence-electron chi connectivity index (χ0n) is 37.2. The van der Waals surface area contributed by atoms with Crippen LogP contribution in [0.2, 0.25) is 0 Å². The van der Waals surface area contributed by atoms with Crippen LogP contribution >= 0.6 is 0 Å². The number of fused-ring (bicyclic) bond motifs is 2. The molecule has 2 aliphatic carbocycles. The van der Waals surface area contributed by atoms with Gasteiger partial charge in [0.1, 0.15) is 22.6 Å². The molecule has 2 saturated carbocycles. The summed E-state index contributed by atoms with van der Waals surface area (Å²) < 4.78 is 172. The van der Waals surface area contributed by atoms with E-state index < -0.39 is 117 Å². The molecule has 4 aromatic rings. The first kappa shape index (κ1) is 54.8. The topological polar surface area (TPSA) is 179 Å². The van der Waals surface area contributed by atoms with Crippen molar-refractivity contribution in [3.05, 3.63) is 103 Å². The number of nitrogens with zero attached hydrogens (tertiary/aromatic N) is 2. The lowest BCUT2D eigenvalue weighted by Gasteiger charge is -2.31. The van der Waals surface area contributed by atoms with Crippen LogP contribution in [0.1, 0.15) is 113 Å². The van der Waals surface area contributed by atoms with E-state index in [-0.39, 0.29) is 96.9 Å². The molecule has 384 valence electrons. The fraction of sp³-hybridized carbons (Fsp3) is 0.522. The Hall–Kier alpha value is -6.10. The average Bonchev–Trinajstić information content (AvgIpc) is 3.25. The van der Waals surface area contributed by atoms with E-state index in [0.29, 0.717) is 0 Å². The van der Waals surface area contributed by atoms with E-state index >= 15 is 0 Å². The van der Waals surface area contributed by atoms with Gasteiger partial charge >= 0.3 is 36.6 Å². The summed E-state index contributed by atoms with van der Waals surface area (Å²) >= 11 is 0. The minimum atomic E-state index is -4.87. The molecule has 2 atom stereocenters. The van der Waals surface area contributed by atoms with E-state index in [2.05, 4.69) is 0 Å². The second-order valence-electron chi connectivity index (χ2n) is 17.9. The molecule has 4 aromatic carbocycles. The third-order valence-corrected chi connectivity index (χ3v) is 13.1. The lowest BCUT2D eigenvalue weighted by Crippen LogP contribution is -2.32. The summed E-state index contributed by atoms with van der Waals surface area (Å²) in [4.78, 5) is 43.9. The predicted octanol–water partition coefficient (Wildman–Crippen LogP) is 13.4. The third-order valence-electron chi connectivity index (χ3n) is 13.1. The molecule has 0 radical (unpaired) electrons. The van der Waals surface area contributed by atoms with Crippen LogP contribution in [0.3, 0.4) is 0 Å². The summed E-state index contributed by atoms with van der Waals surface area (Å²) in [7, 11) is 0. The quantitative estimate of drug-likeness (QED) is 0.0701. The Bertz CT molecular complexity index is 2390. The van der Waals surface area contributed by atoms with Crippen LogP contribution in [0.5, 0.6) is 11.5 Å². The minimum Gasteiger partial charge on any atom is -0.490 e. The monoisotopic (exact) mass is 1010 g/mol. The van der Waals surface area contributed by atoms with E-state index in [1.165, 1.54) is 38.1 Å². The summed E-state index contributed by atoms with van der Waals surface area (Å²) in [5.41, 5.74) is -5.82. The van der Waals surface area contributed by atoms with Gasteiger partial charge in [-0.2, -0.15) is 52.7 Å². The number of nitro groups is 2. The van der Waals surface area contributed by atoms with Gasteiger partial charge in [-0.15, -0.1) is 0 Å². The van der Waals surface area contributed by atoms with Crippen LogP contribution in [0.4, 0.5) is 52.7 Å². The maximum atomic E-state index is 14.0. The van der Waals surface area contributed by atoms with Gasteiger partial charge in [-0.3, -0.25) is 29.8 Å². The molecule has 2 aliphatic rings. The van der Waals surface area contributed by atoms with Gasteiger partial charge in [0.15, 0.2) is 0 Å². The van der Waals surface area contributed by atoms with E-state index in [4.69, 9.17) is 19.7 Å². The Morgan fingerprint density at radius 1 is 0.543 bits per heavy atom. The van der Waals surface area contributed by atoms with Crippen molar-refractivity contribution in [1.29, 1.82) is 0 Å². The van der Waals surface area contributed by atoms with Crippen molar-refractivity contribution in [3.63, 3.8) is 0 Å². The molecule has 2 N–H and O–H groups in total. The fourth-order valence-electron chi connectivity index (χ4n) is 8.83. The lowest BCUT2D eigenvalue weighted by molar-refractivity contribution is -0.576. The number of alkyl halides is 12. The Kier molecular flexibility index (Phi) is 16.2. The van der Waals surface area contributed by atoms with Crippen LogP contribution in [0.25, 0.3) is 21.5 Å². The van der Waals surface area contributed by atoms with Crippen molar-refractivity contribution in [2.24, 2.45) is 11.8 Å². The van der Waals surface area contributed by atoms with Crippen molar-refractivity contribution >= 4 is 33.5 Å². The standard InChI is InChI=1S/2C23H23F6NO5/c2*1-21(30(33)34,11-10-19(31)32)15-5-8-17-13(12-15)2-9-18(20(17)23(27,28)29)35-16-6-3-14(4-7-16)22(24,25)26/h2*2,5,8-9,12,14,16H,3-4,6-7,10-11H2,1H3,(H,31,32)/t2*14-,16+,21?. The SMILES string of the molecule is CC(CCC(=O)O)(c1ccc2c(C(F)(F)F)c(O[C@H]3CC[C@@H](C(F)(F)F)CC3)ccc2c1)[N+](=O)[O-].CC(CCC(=O)O)(c1ccc2c(C(F)(F)F)c(O[C@H]3CC[C@@H](C(F)(F)F)CC3)ccc2c1)[N+](=O)[O-]. The zero-order valence-corrected chi connectivity index (χ0v) is 37.2. The first-order valence-electron chi connectivity index (χ1n) is 21.7. The summed E-state index contributed by atoms with van der Waals surface area (Å²) in [5, 5.41) is 40.7. The van der Waals surface area contributed by atoms with E-state index in [1.807, 2.05) is 0 Å². The highest BCUT2D eigenvalue weighted by Gasteiger charge is 2.46. The number of carbonyl (C=O) groups is 2. The number of hydrogen-bond donors (Lipinski definition) is 2. The highest BCUT2D eigenvalue weighted by atomic mass is 19.4.